The summed E-state index contributed by atoms with van der Waals surface area (Å²) < 4.78 is 8.74. The zero-order chi connectivity index (χ0) is 3.58. The van der Waals surface area contributed by atoms with Crippen molar-refractivity contribution in [1.29, 1.82) is 0 Å². The molecule has 0 bridgehead atoms. The van der Waals surface area contributed by atoms with Gasteiger partial charge in [0.1, 0.15) is 0 Å². The molecule has 0 aromatic heterocycles. The van der Waals surface area contributed by atoms with Crippen LogP contribution in [0.4, 0.5) is 0 Å². The molecule has 0 rings (SSSR count). The molecule has 0 saturated carbocycles. The molecule has 0 aliphatic heterocycles. The Labute approximate surface area is 115 Å². The van der Waals surface area contributed by atoms with E-state index < -0.39 is 9.17 Å². The fraction of sp³-hybridized carbons (Fsp3) is 0. The summed E-state index contributed by atoms with van der Waals surface area (Å²) in [5, 5.41) is 0. The van der Waals surface area contributed by atoms with Gasteiger partial charge in [-0.1, -0.05) is 0 Å². The van der Waals surface area contributed by atoms with Crippen molar-refractivity contribution in [3.8, 4) is 0 Å². The van der Waals surface area contributed by atoms with Crippen molar-refractivity contribution in [1.82, 2.24) is 0 Å². The molecule has 0 atom stereocenters. The Morgan fingerprint density at radius 2 is 1.43 bits per heavy atom. The Hall–Kier alpha value is 2.56. The zero-order valence-corrected chi connectivity index (χ0v) is 14.0. The third-order valence-corrected chi connectivity index (χ3v) is 0. The van der Waals surface area contributed by atoms with Crippen molar-refractivity contribution in [2.45, 2.75) is 0 Å². The Bertz CT molecular complexity index is 48.3. The van der Waals surface area contributed by atoms with Crippen LogP contribution < -0.4 is 0 Å². The van der Waals surface area contributed by atoms with Gasteiger partial charge >= 0.3 is 97.3 Å². The van der Waals surface area contributed by atoms with Gasteiger partial charge in [0.05, 0.1) is 0 Å². The van der Waals surface area contributed by atoms with Crippen molar-refractivity contribution < 1.29 is 19.8 Å². The molecular formula is H8CaMgO3PbSi. The van der Waals surface area contributed by atoms with Gasteiger partial charge in [-0.2, -0.15) is 0 Å². The first-order chi connectivity index (χ1) is 1.73. The second-order valence-corrected chi connectivity index (χ2v) is 0.848. The summed E-state index contributed by atoms with van der Waals surface area (Å²) in [6.45, 7) is 0. The molecule has 3 nitrogen and oxygen atoms in total. The molecule has 0 spiro atoms. The molecule has 2 N–H and O–H groups in total. The predicted molar refractivity (Wildman–Crippen MR) is 35.4 cm³/mol. The first-order valence-corrected chi connectivity index (χ1v) is 1.95. The van der Waals surface area contributed by atoms with Gasteiger partial charge in [0, 0.05) is 0 Å². The number of hydrogen-bond donors (Lipinski definition) is 2. The van der Waals surface area contributed by atoms with Crippen molar-refractivity contribution in [2.24, 2.45) is 0 Å². The summed E-state index contributed by atoms with van der Waals surface area (Å²) in [6, 6.07) is 0. The zero-order valence-electron chi connectivity index (χ0n) is 7.92. The molecule has 2 radical (unpaired) electrons. The quantitative estimate of drug-likeness (QED) is 0.460. The van der Waals surface area contributed by atoms with Crippen molar-refractivity contribution in [2.75, 3.05) is 0 Å². The molecule has 0 fully saturated rings. The molecule has 0 aliphatic carbocycles. The number of rotatable bonds is 0. The normalized spacial score (nSPS) is 3.43. The van der Waals surface area contributed by atoms with Crippen LogP contribution >= 0.6 is 0 Å². The number of hydrogen-bond acceptors (Lipinski definition) is 1. The minimum absolute atomic E-state index is 0. The van der Waals surface area contributed by atoms with E-state index in [9.17, 15) is 0 Å². The van der Waals surface area contributed by atoms with E-state index >= 15 is 0 Å². The molecule has 0 aromatic carbocycles. The summed E-state index contributed by atoms with van der Waals surface area (Å²) >= 11 is 0. The van der Waals surface area contributed by atoms with Gasteiger partial charge in [-0.05, 0) is 0 Å². The Balaban J connectivity index is -0.00000000214. The van der Waals surface area contributed by atoms with Crippen molar-refractivity contribution in [3.63, 3.8) is 0 Å². The molecule has 0 aromatic rings. The van der Waals surface area contributed by atoms with Crippen LogP contribution in [-0.2, 0) is 4.46 Å². The van der Waals surface area contributed by atoms with Crippen molar-refractivity contribution in [3.05, 3.63) is 0 Å². The van der Waals surface area contributed by atoms with Gasteiger partial charge in [0.15, 0.2) is 0 Å². The fourth-order valence-corrected chi connectivity index (χ4v) is 0. The van der Waals surface area contributed by atoms with Crippen molar-refractivity contribution >= 4 is 97.3 Å². The molecule has 7 heavy (non-hydrogen) atoms. The fourth-order valence-electron chi connectivity index (χ4n) is 0. The summed E-state index contributed by atoms with van der Waals surface area (Å²) in [5.74, 6) is 0. The Morgan fingerprint density at radius 1 is 1.43 bits per heavy atom. The van der Waals surface area contributed by atoms with Crippen LogP contribution in [0.5, 0.6) is 0 Å². The van der Waals surface area contributed by atoms with Crippen LogP contribution in [0, 0.1) is 0 Å². The van der Waals surface area contributed by atoms with E-state index in [1.807, 2.05) is 0 Å². The van der Waals surface area contributed by atoms with E-state index in [2.05, 4.69) is 0 Å². The molecule has 0 amide bonds. The molecule has 0 unspecified atom stereocenters. The van der Waals surface area contributed by atoms with Crippen LogP contribution in [0.2, 0.25) is 0 Å². The average molecular weight is 356 g/mol. The van der Waals surface area contributed by atoms with Gasteiger partial charge in [0.25, 0.3) is 0 Å². The molecular weight excluding hydrogens is 348 g/mol. The van der Waals surface area contributed by atoms with E-state index in [0.717, 1.165) is 0 Å². The summed E-state index contributed by atoms with van der Waals surface area (Å²) in [4.78, 5) is 14.3. The maximum absolute atomic E-state index is 8.74. The van der Waals surface area contributed by atoms with Gasteiger partial charge in [-0.15, -0.1) is 0 Å². The van der Waals surface area contributed by atoms with Crippen LogP contribution in [0.15, 0.2) is 0 Å². The Kier molecular flexibility index (Phi) is 51.2. The monoisotopic (exact) mass is 356 g/mol. The molecule has 0 saturated heterocycles. The summed E-state index contributed by atoms with van der Waals surface area (Å²) in [7, 11) is -3.13. The van der Waals surface area contributed by atoms with E-state index in [4.69, 9.17) is 14.1 Å². The first-order valence-electron chi connectivity index (χ1n) is 0.651. The van der Waals surface area contributed by atoms with Gasteiger partial charge in [-0.3, -0.25) is 4.46 Å². The van der Waals surface area contributed by atoms with E-state index in [-0.39, 0.29) is 93.8 Å². The third kappa shape index (κ3) is 56.1. The minimum atomic E-state index is -3.13. The standard InChI is InChI=1S/Ca.Mg.H2O3Si.Pb.6H/c;;1-4(2)3;;;;;;;/h;;1-2H;;;;;;;/q2*+2;;;;;4*-1. The average Bonchev–Trinajstić information content (AvgIpc) is 0.811. The maximum atomic E-state index is 8.74. The Morgan fingerprint density at radius 3 is 1.43 bits per heavy atom. The first kappa shape index (κ1) is 22.7. The molecule has 38 valence electrons. The summed E-state index contributed by atoms with van der Waals surface area (Å²) in [6.07, 6.45) is 0. The topological polar surface area (TPSA) is 57.5 Å². The molecule has 0 heterocycles. The van der Waals surface area contributed by atoms with Gasteiger partial charge in [-0.25, -0.2) is 0 Å². The third-order valence-electron chi connectivity index (χ3n) is 0. The van der Waals surface area contributed by atoms with E-state index in [0.29, 0.717) is 0 Å². The van der Waals surface area contributed by atoms with Crippen LogP contribution in [0.1, 0.15) is 5.71 Å². The molecule has 7 heteroatoms. The molecule has 0 aliphatic rings. The second kappa shape index (κ2) is 15.8. The van der Waals surface area contributed by atoms with Gasteiger partial charge in [0.2, 0.25) is 0 Å². The van der Waals surface area contributed by atoms with Gasteiger partial charge < -0.3 is 15.3 Å². The van der Waals surface area contributed by atoms with E-state index in [1.165, 1.54) is 0 Å². The van der Waals surface area contributed by atoms with E-state index in [1.54, 1.807) is 0 Å². The summed E-state index contributed by atoms with van der Waals surface area (Å²) in [5.41, 5.74) is 0. The predicted octanol–water partition coefficient (Wildman–Crippen LogP) is -2.84. The second-order valence-electron chi connectivity index (χ2n) is 0.283. The van der Waals surface area contributed by atoms with Crippen LogP contribution in [0.25, 0.3) is 0 Å². The SMILES string of the molecule is O=[Si](O)O.[Ca+2].[H-].[H-].[H-].[H-].[Mg+2].[PbH2]. The van der Waals surface area contributed by atoms with Crippen LogP contribution in [-0.4, -0.2) is 107 Å². The van der Waals surface area contributed by atoms with Crippen LogP contribution in [0.3, 0.4) is 0 Å².